The van der Waals surface area contributed by atoms with Crippen molar-refractivity contribution in [3.63, 3.8) is 0 Å². The van der Waals surface area contributed by atoms with E-state index in [2.05, 4.69) is 5.32 Å². The van der Waals surface area contributed by atoms with Gasteiger partial charge in [-0.2, -0.15) is 0 Å². The molecule has 3 rings (SSSR count). The van der Waals surface area contributed by atoms with Crippen molar-refractivity contribution >= 4 is 5.88 Å². The molecule has 5 nitrogen and oxygen atoms in total. The van der Waals surface area contributed by atoms with Crippen LogP contribution in [0.4, 0.5) is 5.88 Å². The Balaban J connectivity index is 1.56. The quantitative estimate of drug-likeness (QED) is 0.608. The highest BCUT2D eigenvalue weighted by Gasteiger charge is 2.41. The molecule has 0 radical (unpaired) electrons. The zero-order chi connectivity index (χ0) is 11.8. The summed E-state index contributed by atoms with van der Waals surface area (Å²) in [4.78, 5) is 9.98. The van der Waals surface area contributed by atoms with E-state index in [1.807, 2.05) is 0 Å². The molecular weight excluding hydrogens is 220 g/mol. The van der Waals surface area contributed by atoms with Crippen LogP contribution in [-0.4, -0.2) is 11.0 Å². The smallest absolute Gasteiger partial charge is 0.404 e. The van der Waals surface area contributed by atoms with Gasteiger partial charge in [-0.15, -0.1) is 0 Å². The average Bonchev–Trinajstić information content (AvgIpc) is 3.20. The van der Waals surface area contributed by atoms with E-state index < -0.39 is 4.92 Å². The molecule has 0 aromatic carbocycles. The molecule has 1 N–H and O–H groups in total. The van der Waals surface area contributed by atoms with Crippen molar-refractivity contribution in [3.05, 3.63) is 28.0 Å². The molecule has 0 amide bonds. The normalized spacial score (nSPS) is 19.8. The summed E-state index contributed by atoms with van der Waals surface area (Å²) in [6.45, 7) is 0.603. The Kier molecular flexibility index (Phi) is 2.63. The summed E-state index contributed by atoms with van der Waals surface area (Å²) in [6, 6.07) is 3.70. The van der Waals surface area contributed by atoms with Crippen LogP contribution >= 0.6 is 0 Å². The van der Waals surface area contributed by atoms with Crippen molar-refractivity contribution in [3.8, 4) is 0 Å². The van der Waals surface area contributed by atoms with Crippen LogP contribution in [0.5, 0.6) is 0 Å². The Labute approximate surface area is 99.3 Å². The Bertz CT molecular complexity index is 409. The minimum absolute atomic E-state index is 0.170. The van der Waals surface area contributed by atoms with Gasteiger partial charge in [0, 0.05) is 6.04 Å². The zero-order valence-corrected chi connectivity index (χ0v) is 9.59. The summed E-state index contributed by atoms with van der Waals surface area (Å²) in [7, 11) is 0. The number of nitrogens with zero attached hydrogens (tertiary/aromatic N) is 1. The van der Waals surface area contributed by atoms with E-state index in [-0.39, 0.29) is 5.88 Å². The number of nitrogens with one attached hydrogen (secondary N) is 1. The van der Waals surface area contributed by atoms with E-state index in [0.717, 1.165) is 11.8 Å². The molecular formula is C12H16N2O3. The van der Waals surface area contributed by atoms with Gasteiger partial charge in [0.15, 0.2) is 0 Å². The molecule has 2 aliphatic rings. The minimum atomic E-state index is -0.497. The third kappa shape index (κ3) is 2.49. The molecule has 0 atom stereocenters. The van der Waals surface area contributed by atoms with Gasteiger partial charge in [0.1, 0.15) is 10.7 Å². The highest BCUT2D eigenvalue weighted by Crippen LogP contribution is 2.44. The predicted molar refractivity (Wildman–Crippen MR) is 61.4 cm³/mol. The van der Waals surface area contributed by atoms with Crippen LogP contribution in [0.1, 0.15) is 31.4 Å². The summed E-state index contributed by atoms with van der Waals surface area (Å²) >= 11 is 0. The second-order valence-electron chi connectivity index (χ2n) is 5.08. The van der Waals surface area contributed by atoms with Crippen molar-refractivity contribution in [1.29, 1.82) is 0 Å². The summed E-state index contributed by atoms with van der Waals surface area (Å²) in [5, 5.41) is 14.0. The van der Waals surface area contributed by atoms with Gasteiger partial charge < -0.3 is 9.73 Å². The fraction of sp³-hybridized carbons (Fsp3) is 0.667. The molecule has 92 valence electrons. The Morgan fingerprint density at radius 3 is 2.47 bits per heavy atom. The number of hydrogen-bond acceptors (Lipinski definition) is 4. The standard InChI is InChI=1S/C12H16N2O3/c15-14(16)11-6-5-10(17-11)7-13-12(8-1-2-8)9-3-4-9/h5-6,8-9,12-13H,1-4,7H2. The first kappa shape index (κ1) is 10.8. The van der Waals surface area contributed by atoms with E-state index in [4.69, 9.17) is 4.42 Å². The predicted octanol–water partition coefficient (Wildman–Crippen LogP) is 2.47. The Hall–Kier alpha value is -1.36. The van der Waals surface area contributed by atoms with Crippen molar-refractivity contribution < 1.29 is 9.34 Å². The molecule has 1 heterocycles. The summed E-state index contributed by atoms with van der Waals surface area (Å²) < 4.78 is 5.13. The maximum Gasteiger partial charge on any atom is 0.433 e. The SMILES string of the molecule is O=[N+]([O-])c1ccc(CNC(C2CC2)C2CC2)o1. The van der Waals surface area contributed by atoms with Gasteiger partial charge >= 0.3 is 5.88 Å². The van der Waals surface area contributed by atoms with Gasteiger partial charge in [0.2, 0.25) is 0 Å². The Morgan fingerprint density at radius 2 is 2.00 bits per heavy atom. The van der Waals surface area contributed by atoms with E-state index >= 15 is 0 Å². The van der Waals surface area contributed by atoms with Crippen LogP contribution in [0.15, 0.2) is 16.5 Å². The first-order chi connectivity index (χ1) is 8.24. The third-order valence-corrected chi connectivity index (χ3v) is 3.60. The van der Waals surface area contributed by atoms with Gasteiger partial charge in [-0.25, -0.2) is 0 Å². The van der Waals surface area contributed by atoms with Crippen LogP contribution in [0.25, 0.3) is 0 Å². The van der Waals surface area contributed by atoms with Crippen molar-refractivity contribution in [2.45, 2.75) is 38.3 Å². The lowest BCUT2D eigenvalue weighted by Crippen LogP contribution is -2.32. The fourth-order valence-corrected chi connectivity index (χ4v) is 2.41. The van der Waals surface area contributed by atoms with Gasteiger partial charge in [0.05, 0.1) is 12.6 Å². The van der Waals surface area contributed by atoms with Crippen molar-refractivity contribution in [2.24, 2.45) is 11.8 Å². The van der Waals surface area contributed by atoms with Crippen LogP contribution in [0.3, 0.4) is 0 Å². The first-order valence-corrected chi connectivity index (χ1v) is 6.20. The highest BCUT2D eigenvalue weighted by atomic mass is 16.6. The third-order valence-electron chi connectivity index (χ3n) is 3.60. The van der Waals surface area contributed by atoms with Crippen molar-refractivity contribution in [2.75, 3.05) is 0 Å². The molecule has 2 saturated carbocycles. The number of furan rings is 1. The molecule has 0 aliphatic heterocycles. The van der Waals surface area contributed by atoms with E-state index in [1.165, 1.54) is 31.7 Å². The summed E-state index contributed by atoms with van der Waals surface area (Å²) in [5.74, 6) is 2.14. The van der Waals surface area contributed by atoms with Gasteiger partial charge in [-0.1, -0.05) is 0 Å². The molecule has 0 unspecified atom stereocenters. The monoisotopic (exact) mass is 236 g/mol. The second-order valence-corrected chi connectivity index (χ2v) is 5.08. The number of rotatable bonds is 6. The molecule has 17 heavy (non-hydrogen) atoms. The number of nitro groups is 1. The largest absolute Gasteiger partial charge is 0.433 e. The van der Waals surface area contributed by atoms with E-state index in [0.29, 0.717) is 18.3 Å². The highest BCUT2D eigenvalue weighted by molar-refractivity contribution is 5.17. The topological polar surface area (TPSA) is 68.3 Å². The van der Waals surface area contributed by atoms with E-state index in [9.17, 15) is 10.1 Å². The zero-order valence-electron chi connectivity index (χ0n) is 9.59. The van der Waals surface area contributed by atoms with Crippen LogP contribution in [0, 0.1) is 22.0 Å². The second kappa shape index (κ2) is 4.14. The van der Waals surface area contributed by atoms with Crippen LogP contribution in [0.2, 0.25) is 0 Å². The molecule has 2 fully saturated rings. The first-order valence-electron chi connectivity index (χ1n) is 6.20. The summed E-state index contributed by atoms with van der Waals surface area (Å²) in [6.07, 6.45) is 5.30. The molecule has 1 aromatic rings. The van der Waals surface area contributed by atoms with Crippen molar-refractivity contribution in [1.82, 2.24) is 5.32 Å². The fourth-order valence-electron chi connectivity index (χ4n) is 2.41. The lowest BCUT2D eigenvalue weighted by molar-refractivity contribution is -0.402. The van der Waals surface area contributed by atoms with E-state index in [1.54, 1.807) is 6.07 Å². The molecule has 0 spiro atoms. The molecule has 5 heteroatoms. The Morgan fingerprint density at radius 1 is 1.35 bits per heavy atom. The number of hydrogen-bond donors (Lipinski definition) is 1. The lowest BCUT2D eigenvalue weighted by Gasteiger charge is -2.16. The van der Waals surface area contributed by atoms with Gasteiger partial charge in [0.25, 0.3) is 0 Å². The minimum Gasteiger partial charge on any atom is -0.404 e. The van der Waals surface area contributed by atoms with Gasteiger partial charge in [-0.3, -0.25) is 10.1 Å². The van der Waals surface area contributed by atoms with Crippen LogP contribution < -0.4 is 5.32 Å². The maximum atomic E-state index is 10.5. The molecule has 0 saturated heterocycles. The average molecular weight is 236 g/mol. The van der Waals surface area contributed by atoms with Crippen LogP contribution in [-0.2, 0) is 6.54 Å². The summed E-state index contributed by atoms with van der Waals surface area (Å²) in [5.41, 5.74) is 0. The lowest BCUT2D eigenvalue weighted by atomic mass is 10.1. The molecule has 1 aromatic heterocycles. The molecule has 0 bridgehead atoms. The van der Waals surface area contributed by atoms with Gasteiger partial charge in [-0.05, 0) is 43.6 Å². The molecule has 2 aliphatic carbocycles. The maximum absolute atomic E-state index is 10.5.